The number of nitrogens with one attached hydrogen (secondary N) is 7. The van der Waals surface area contributed by atoms with Gasteiger partial charge in [0.15, 0.2) is 0 Å². The summed E-state index contributed by atoms with van der Waals surface area (Å²) in [7, 11) is 15.1. The molecule has 0 aromatic carbocycles. The average molecular weight is 963 g/mol. The quantitative estimate of drug-likeness (QED) is 0.0428. The molecule has 0 radical (unpaired) electrons. The third-order valence-electron chi connectivity index (χ3n) is 11.1. The van der Waals surface area contributed by atoms with E-state index in [-0.39, 0.29) is 53.2 Å². The molecule has 7 amide bonds. The van der Waals surface area contributed by atoms with Crippen LogP contribution in [0.15, 0.2) is 73.6 Å². The van der Waals surface area contributed by atoms with Crippen LogP contribution >= 0.6 is 0 Å². The topological polar surface area (TPSA) is 263 Å². The van der Waals surface area contributed by atoms with E-state index in [0.717, 1.165) is 6.54 Å². The fourth-order valence-electron chi connectivity index (χ4n) is 7.56. The van der Waals surface area contributed by atoms with Gasteiger partial charge in [0.05, 0.1) is 41.2 Å². The molecule has 7 N–H and O–H groups in total. The van der Waals surface area contributed by atoms with Gasteiger partial charge < -0.3 is 74.3 Å². The molecule has 23 nitrogen and oxygen atoms in total. The van der Waals surface area contributed by atoms with Crippen LogP contribution in [0.3, 0.4) is 0 Å². The van der Waals surface area contributed by atoms with Gasteiger partial charge in [-0.15, -0.1) is 0 Å². The lowest BCUT2D eigenvalue weighted by Gasteiger charge is -2.08. The highest BCUT2D eigenvalue weighted by Crippen LogP contribution is 2.22. The Morgan fingerprint density at radius 1 is 0.429 bits per heavy atom. The molecule has 0 spiro atoms. The molecule has 0 aliphatic heterocycles. The molecular formula is C47H58N14O9. The highest BCUT2D eigenvalue weighted by molar-refractivity contribution is 6.09. The Balaban J connectivity index is 0.933. The smallest absolute Gasteiger partial charge is 0.354 e. The van der Waals surface area contributed by atoms with Crippen molar-refractivity contribution in [3.8, 4) is 0 Å². The molecule has 0 aliphatic rings. The maximum atomic E-state index is 13.3. The van der Waals surface area contributed by atoms with Gasteiger partial charge in [-0.25, -0.2) is 4.79 Å². The van der Waals surface area contributed by atoms with Gasteiger partial charge in [0.25, 0.3) is 29.5 Å². The number of aryl methyl sites for hydroxylation is 6. The lowest BCUT2D eigenvalue weighted by atomic mass is 10.2. The summed E-state index contributed by atoms with van der Waals surface area (Å²) in [5, 5.41) is 19.5. The van der Waals surface area contributed by atoms with Gasteiger partial charge in [-0.2, -0.15) is 0 Å². The van der Waals surface area contributed by atoms with Crippen molar-refractivity contribution >= 4 is 81.4 Å². The molecule has 6 heterocycles. The number of aromatic nitrogens is 6. The van der Waals surface area contributed by atoms with Gasteiger partial charge in [-0.3, -0.25) is 33.6 Å². The SMILES string of the molecule is COC(=O)c1cc(NC(=O)c2cc(NC(=O)c3cc(NC(=O)CCCNC(=O)c4cc(NC(=O)c5cc(NC(=O)c6cc(NC(=O)CCCN(C)C)cn6C)cn5C)cn4C)cn3C)cn2C)cn1C. The Bertz CT molecular complexity index is 2970. The minimum Gasteiger partial charge on any atom is -0.464 e. The molecule has 0 bridgehead atoms. The number of rotatable bonds is 20. The Morgan fingerprint density at radius 2 is 0.714 bits per heavy atom. The van der Waals surface area contributed by atoms with Crippen LogP contribution in [0.1, 0.15) is 88.6 Å². The summed E-state index contributed by atoms with van der Waals surface area (Å²) in [6, 6.07) is 9.13. The van der Waals surface area contributed by atoms with E-state index in [1.54, 1.807) is 108 Å². The van der Waals surface area contributed by atoms with Crippen molar-refractivity contribution in [1.82, 2.24) is 37.6 Å². The van der Waals surface area contributed by atoms with Crippen molar-refractivity contribution in [2.45, 2.75) is 25.7 Å². The maximum absolute atomic E-state index is 13.3. The predicted molar refractivity (Wildman–Crippen MR) is 262 cm³/mol. The third-order valence-corrected chi connectivity index (χ3v) is 11.1. The van der Waals surface area contributed by atoms with Crippen molar-refractivity contribution in [2.24, 2.45) is 42.3 Å². The molecule has 0 unspecified atom stereocenters. The van der Waals surface area contributed by atoms with E-state index in [0.29, 0.717) is 59.1 Å². The van der Waals surface area contributed by atoms with Crippen LogP contribution in [0.5, 0.6) is 0 Å². The molecule has 370 valence electrons. The minimum atomic E-state index is -0.550. The van der Waals surface area contributed by atoms with Crippen molar-refractivity contribution in [3.63, 3.8) is 0 Å². The van der Waals surface area contributed by atoms with Crippen molar-refractivity contribution in [2.75, 3.05) is 66.2 Å². The molecule has 0 aliphatic carbocycles. The number of nitrogens with zero attached hydrogens (tertiary/aromatic N) is 7. The number of carbonyl (C=O) groups excluding carboxylic acids is 8. The van der Waals surface area contributed by atoms with Gasteiger partial charge >= 0.3 is 5.97 Å². The van der Waals surface area contributed by atoms with Gasteiger partial charge in [0.1, 0.15) is 34.2 Å². The van der Waals surface area contributed by atoms with E-state index >= 15 is 0 Å². The highest BCUT2D eigenvalue weighted by atomic mass is 16.5. The number of hydrogen-bond donors (Lipinski definition) is 7. The van der Waals surface area contributed by atoms with E-state index in [9.17, 15) is 38.4 Å². The van der Waals surface area contributed by atoms with Crippen molar-refractivity contribution < 1.29 is 43.1 Å². The second-order valence-electron chi connectivity index (χ2n) is 17.0. The molecule has 0 saturated heterocycles. The highest BCUT2D eigenvalue weighted by Gasteiger charge is 2.22. The molecule has 0 saturated carbocycles. The largest absolute Gasteiger partial charge is 0.464 e. The Labute approximate surface area is 403 Å². The van der Waals surface area contributed by atoms with Crippen LogP contribution in [0.25, 0.3) is 0 Å². The van der Waals surface area contributed by atoms with Crippen LogP contribution in [0.4, 0.5) is 34.1 Å². The van der Waals surface area contributed by atoms with Crippen molar-refractivity contribution in [3.05, 3.63) is 108 Å². The van der Waals surface area contributed by atoms with Crippen LogP contribution in [0, 0.1) is 0 Å². The number of carbonyl (C=O) groups is 8. The lowest BCUT2D eigenvalue weighted by Crippen LogP contribution is -2.27. The number of ether oxygens (including phenoxy) is 1. The zero-order valence-corrected chi connectivity index (χ0v) is 40.5. The third kappa shape index (κ3) is 12.7. The van der Waals surface area contributed by atoms with Crippen molar-refractivity contribution in [1.29, 1.82) is 0 Å². The van der Waals surface area contributed by atoms with E-state index in [4.69, 9.17) is 4.74 Å². The van der Waals surface area contributed by atoms with Crippen LogP contribution < -0.4 is 37.2 Å². The predicted octanol–water partition coefficient (Wildman–Crippen LogP) is 3.94. The zero-order valence-electron chi connectivity index (χ0n) is 40.5. The van der Waals surface area contributed by atoms with Gasteiger partial charge in [0, 0.05) is 98.9 Å². The summed E-state index contributed by atoms with van der Waals surface area (Å²) in [5.41, 5.74) is 3.89. The van der Waals surface area contributed by atoms with Crippen LogP contribution in [-0.2, 0) is 56.6 Å². The Hall–Kier alpha value is -8.60. The second kappa shape index (κ2) is 22.0. The summed E-state index contributed by atoms with van der Waals surface area (Å²) in [6.45, 7) is 0.953. The molecule has 70 heavy (non-hydrogen) atoms. The molecule has 6 rings (SSSR count). The van der Waals surface area contributed by atoms with E-state index < -0.39 is 35.5 Å². The summed E-state index contributed by atoms with van der Waals surface area (Å²) < 4.78 is 14.1. The second-order valence-corrected chi connectivity index (χ2v) is 17.0. The standard InChI is InChI=1S/C47H58N14O9/c1-55(2)15-11-13-41(63)50-29-17-36(58(5)23-29)44(66)52-31-19-37(59(6)25-31)45(67)51-30-18-34(56(3)24-30)42(64)48-14-10-12-40(62)49-28-16-35(57(4)22-28)43(65)53-32-20-38(60(7)26-32)46(68)54-33-21-39(47(69)70-9)61(8)27-33/h16-27H,10-15H2,1-9H3,(H,48,64)(H,49,62)(H,50,63)(H,51,67)(H,52,66)(H,53,65)(H,54,68). The Morgan fingerprint density at radius 3 is 1.04 bits per heavy atom. The molecule has 23 heteroatoms. The van der Waals surface area contributed by atoms with Crippen LogP contribution in [-0.4, -0.2) is 114 Å². The first-order chi connectivity index (χ1) is 33.2. The lowest BCUT2D eigenvalue weighted by molar-refractivity contribution is -0.117. The molecule has 0 fully saturated rings. The zero-order chi connectivity index (χ0) is 51.0. The number of hydrogen-bond acceptors (Lipinski definition) is 10. The first-order valence-corrected chi connectivity index (χ1v) is 22.0. The first-order valence-electron chi connectivity index (χ1n) is 22.0. The van der Waals surface area contributed by atoms with Gasteiger partial charge in [-0.05, 0) is 69.9 Å². The minimum absolute atomic E-state index is 0.0635. The van der Waals surface area contributed by atoms with Gasteiger partial charge in [-0.1, -0.05) is 0 Å². The average Bonchev–Trinajstić information content (AvgIpc) is 4.15. The maximum Gasteiger partial charge on any atom is 0.354 e. The fourth-order valence-corrected chi connectivity index (χ4v) is 7.56. The Kier molecular flexibility index (Phi) is 16.0. The molecular weight excluding hydrogens is 905 g/mol. The van der Waals surface area contributed by atoms with E-state index in [1.807, 2.05) is 19.0 Å². The summed E-state index contributed by atoms with van der Waals surface area (Å²) in [6.07, 6.45) is 11.0. The van der Waals surface area contributed by atoms with E-state index in [2.05, 4.69) is 37.2 Å². The summed E-state index contributed by atoms with van der Waals surface area (Å²) in [5.74, 6) is -3.32. The normalized spacial score (nSPS) is 11.0. The summed E-state index contributed by atoms with van der Waals surface area (Å²) >= 11 is 0. The molecule has 0 atom stereocenters. The number of esters is 1. The molecule has 6 aromatic heterocycles. The number of anilines is 6. The van der Waals surface area contributed by atoms with Gasteiger partial charge in [0.2, 0.25) is 11.8 Å². The first kappa shape index (κ1) is 50.8. The van der Waals surface area contributed by atoms with Crippen LogP contribution in [0.2, 0.25) is 0 Å². The summed E-state index contributed by atoms with van der Waals surface area (Å²) in [4.78, 5) is 105. The molecule has 6 aromatic rings. The number of methoxy groups -OCH3 is 1. The monoisotopic (exact) mass is 962 g/mol. The van der Waals surface area contributed by atoms with E-state index in [1.165, 1.54) is 42.0 Å². The fraction of sp³-hybridized carbons (Fsp3) is 0.319. The number of amides is 7.